The molecule has 0 radical (unpaired) electrons. The molecular weight excluding hydrogens is 257 g/mol. The predicted molar refractivity (Wildman–Crippen MR) is 53.5 cm³/mol. The fourth-order valence-electron chi connectivity index (χ4n) is 1.20. The highest BCUT2D eigenvalue weighted by Gasteiger charge is 2.34. The van der Waals surface area contributed by atoms with Crippen molar-refractivity contribution in [3.8, 4) is 5.75 Å². The molecule has 6 nitrogen and oxygen atoms in total. The number of carbonyl (C=O) groups is 1. The molecule has 5 N–H and O–H groups in total. The third kappa shape index (κ3) is 3.50. The second-order valence-electron chi connectivity index (χ2n) is 3.19. The van der Waals surface area contributed by atoms with Gasteiger partial charge in [0.2, 0.25) is 0 Å². The summed E-state index contributed by atoms with van der Waals surface area (Å²) in [7, 11) is 0. The maximum atomic E-state index is 12.1. The number of hydrogen-bond donors (Lipinski definition) is 4. The molecule has 0 aliphatic rings. The number of benzene rings is 1. The van der Waals surface area contributed by atoms with Crippen LogP contribution in [0.2, 0.25) is 0 Å². The average Bonchev–Trinajstić information content (AvgIpc) is 2.25. The Labute approximate surface area is 98.7 Å². The van der Waals surface area contributed by atoms with Crippen LogP contribution in [0.1, 0.15) is 11.7 Å². The highest BCUT2D eigenvalue weighted by atomic mass is 19.4. The minimum atomic E-state index is -5.01. The first-order valence-electron chi connectivity index (χ1n) is 4.52. The van der Waals surface area contributed by atoms with Gasteiger partial charge in [0.25, 0.3) is 0 Å². The van der Waals surface area contributed by atoms with E-state index in [0.29, 0.717) is 0 Å². The summed E-state index contributed by atoms with van der Waals surface area (Å²) in [6.07, 6.45) is -7.14. The van der Waals surface area contributed by atoms with E-state index in [0.717, 1.165) is 12.1 Å². The van der Waals surface area contributed by atoms with Gasteiger partial charge in [-0.05, 0) is 12.1 Å². The molecule has 0 aliphatic heterocycles. The maximum Gasteiger partial charge on any atom is 0.573 e. The van der Waals surface area contributed by atoms with Gasteiger partial charge in [0.1, 0.15) is 5.75 Å². The zero-order chi connectivity index (χ0) is 13.9. The third-order valence-corrected chi connectivity index (χ3v) is 1.93. The highest BCUT2D eigenvalue weighted by molar-refractivity contribution is 5.75. The van der Waals surface area contributed by atoms with Gasteiger partial charge in [0, 0.05) is 11.6 Å². The number of rotatable bonds is 4. The van der Waals surface area contributed by atoms with Crippen molar-refractivity contribution in [2.24, 2.45) is 5.84 Å². The minimum absolute atomic E-state index is 0.0654. The first-order valence-corrected chi connectivity index (χ1v) is 4.52. The van der Waals surface area contributed by atoms with E-state index in [1.165, 1.54) is 6.07 Å². The highest BCUT2D eigenvalue weighted by Crippen LogP contribution is 2.32. The van der Waals surface area contributed by atoms with Crippen molar-refractivity contribution in [3.05, 3.63) is 23.8 Å². The van der Waals surface area contributed by atoms with Crippen LogP contribution in [0.5, 0.6) is 5.75 Å². The lowest BCUT2D eigenvalue weighted by Gasteiger charge is -2.16. The number of alkyl halides is 3. The van der Waals surface area contributed by atoms with E-state index < -0.39 is 29.7 Å². The fraction of sp³-hybridized carbons (Fsp3) is 0.222. The number of carboxylic acid groups (broad SMARTS) is 1. The Morgan fingerprint density at radius 3 is 2.50 bits per heavy atom. The Bertz CT molecular complexity index is 450. The minimum Gasteiger partial charge on any atom is -0.479 e. The third-order valence-electron chi connectivity index (χ3n) is 1.93. The zero-order valence-corrected chi connectivity index (χ0v) is 8.73. The summed E-state index contributed by atoms with van der Waals surface area (Å²) < 4.78 is 40.0. The van der Waals surface area contributed by atoms with Crippen LogP contribution < -0.4 is 16.0 Å². The number of carboxylic acids is 1. The van der Waals surface area contributed by atoms with Gasteiger partial charge in [-0.1, -0.05) is 0 Å². The van der Waals surface area contributed by atoms with E-state index in [9.17, 15) is 23.1 Å². The molecule has 0 aliphatic carbocycles. The summed E-state index contributed by atoms with van der Waals surface area (Å²) in [4.78, 5) is 10.5. The number of ether oxygens (including phenoxy) is 1. The lowest BCUT2D eigenvalue weighted by atomic mass is 10.1. The van der Waals surface area contributed by atoms with E-state index >= 15 is 0 Å². The Hall–Kier alpha value is -2.00. The van der Waals surface area contributed by atoms with E-state index in [4.69, 9.17) is 10.9 Å². The fourth-order valence-corrected chi connectivity index (χ4v) is 1.20. The second-order valence-corrected chi connectivity index (χ2v) is 3.19. The molecule has 1 atom stereocenters. The number of nitrogens with two attached hydrogens (primary N) is 1. The molecule has 0 heterocycles. The Morgan fingerprint density at radius 2 is 2.06 bits per heavy atom. The van der Waals surface area contributed by atoms with E-state index in [2.05, 4.69) is 10.2 Å². The lowest BCUT2D eigenvalue weighted by Crippen LogP contribution is -2.20. The van der Waals surface area contributed by atoms with E-state index in [1.807, 2.05) is 0 Å². The summed E-state index contributed by atoms with van der Waals surface area (Å²) in [5, 5.41) is 17.8. The van der Waals surface area contributed by atoms with Crippen molar-refractivity contribution in [1.82, 2.24) is 0 Å². The number of aliphatic hydroxyl groups excluding tert-OH is 1. The normalized spacial score (nSPS) is 12.9. The van der Waals surface area contributed by atoms with Crippen LogP contribution in [-0.4, -0.2) is 22.5 Å². The van der Waals surface area contributed by atoms with Gasteiger partial charge < -0.3 is 20.4 Å². The quantitative estimate of drug-likeness (QED) is 0.478. The van der Waals surface area contributed by atoms with Gasteiger partial charge in [-0.25, -0.2) is 4.79 Å². The second kappa shape index (κ2) is 5.10. The standard InChI is InChI=1S/C9H9F3N2O4/c10-9(11,12)18-6-3-4(14-13)1-2-5(6)7(15)8(16)17/h1-3,7,14-15H,13H2,(H,16,17). The van der Waals surface area contributed by atoms with Crippen LogP contribution in [0.3, 0.4) is 0 Å². The van der Waals surface area contributed by atoms with Gasteiger partial charge >= 0.3 is 12.3 Å². The van der Waals surface area contributed by atoms with Crippen LogP contribution in [-0.2, 0) is 4.79 Å². The average molecular weight is 266 g/mol. The van der Waals surface area contributed by atoms with Crippen molar-refractivity contribution in [2.45, 2.75) is 12.5 Å². The van der Waals surface area contributed by atoms with E-state index in [1.54, 1.807) is 0 Å². The molecule has 0 aromatic heterocycles. The molecular formula is C9H9F3N2O4. The molecule has 0 spiro atoms. The zero-order valence-electron chi connectivity index (χ0n) is 8.73. The first kappa shape index (κ1) is 14.1. The van der Waals surface area contributed by atoms with Crippen molar-refractivity contribution < 1.29 is 32.9 Å². The molecule has 18 heavy (non-hydrogen) atoms. The summed E-state index contributed by atoms with van der Waals surface area (Å²) >= 11 is 0. The number of halogens is 3. The molecule has 1 aromatic carbocycles. The number of nitrogen functional groups attached to an aromatic ring is 1. The van der Waals surface area contributed by atoms with Crippen LogP contribution in [0, 0.1) is 0 Å². The largest absolute Gasteiger partial charge is 0.573 e. The number of nitrogens with one attached hydrogen (secondary N) is 1. The molecule has 0 saturated heterocycles. The van der Waals surface area contributed by atoms with Crippen LogP contribution in [0.15, 0.2) is 18.2 Å². The molecule has 0 bridgehead atoms. The molecule has 1 unspecified atom stereocenters. The Morgan fingerprint density at radius 1 is 1.44 bits per heavy atom. The number of hydrazine groups is 1. The predicted octanol–water partition coefficient (Wildman–Crippen LogP) is 0.989. The number of aliphatic hydroxyl groups is 1. The van der Waals surface area contributed by atoms with Crippen molar-refractivity contribution in [2.75, 3.05) is 5.43 Å². The first-order chi connectivity index (χ1) is 8.24. The molecule has 1 aromatic rings. The molecule has 0 saturated carbocycles. The number of anilines is 1. The van der Waals surface area contributed by atoms with Crippen molar-refractivity contribution >= 4 is 11.7 Å². The van der Waals surface area contributed by atoms with Gasteiger partial charge in [-0.2, -0.15) is 0 Å². The molecule has 0 amide bonds. The monoisotopic (exact) mass is 266 g/mol. The van der Waals surface area contributed by atoms with Gasteiger partial charge in [-0.15, -0.1) is 13.2 Å². The summed E-state index contributed by atoms with van der Waals surface area (Å²) in [5.74, 6) is 2.46. The molecule has 1 rings (SSSR count). The molecule has 0 fully saturated rings. The lowest BCUT2D eigenvalue weighted by molar-refractivity contribution is -0.275. The van der Waals surface area contributed by atoms with Crippen molar-refractivity contribution in [3.63, 3.8) is 0 Å². The van der Waals surface area contributed by atoms with Crippen LogP contribution in [0.25, 0.3) is 0 Å². The molecule has 100 valence electrons. The van der Waals surface area contributed by atoms with Gasteiger partial charge in [0.05, 0.1) is 5.69 Å². The topological polar surface area (TPSA) is 105 Å². The number of hydrogen-bond acceptors (Lipinski definition) is 5. The van der Waals surface area contributed by atoms with Gasteiger partial charge in [0.15, 0.2) is 6.10 Å². The smallest absolute Gasteiger partial charge is 0.479 e. The Balaban J connectivity index is 3.20. The summed E-state index contributed by atoms with van der Waals surface area (Å²) in [6.45, 7) is 0. The summed E-state index contributed by atoms with van der Waals surface area (Å²) in [5.41, 5.74) is 1.61. The van der Waals surface area contributed by atoms with Crippen LogP contribution in [0.4, 0.5) is 18.9 Å². The summed E-state index contributed by atoms with van der Waals surface area (Å²) in [6, 6.07) is 2.99. The van der Waals surface area contributed by atoms with E-state index in [-0.39, 0.29) is 5.69 Å². The van der Waals surface area contributed by atoms with Crippen LogP contribution >= 0.6 is 0 Å². The maximum absolute atomic E-state index is 12.1. The number of aliphatic carboxylic acids is 1. The Kier molecular flexibility index (Phi) is 3.99. The molecule has 9 heteroatoms. The SMILES string of the molecule is NNc1ccc(C(O)C(=O)O)c(OC(F)(F)F)c1. The van der Waals surface area contributed by atoms with Crippen molar-refractivity contribution in [1.29, 1.82) is 0 Å². The van der Waals surface area contributed by atoms with Gasteiger partial charge in [-0.3, -0.25) is 5.84 Å².